The van der Waals surface area contributed by atoms with Crippen molar-refractivity contribution in [3.05, 3.63) is 0 Å². The maximum absolute atomic E-state index is 5.69. The number of hydrogen-bond donors (Lipinski definition) is 0. The van der Waals surface area contributed by atoms with Gasteiger partial charge in [-0.25, -0.2) is 0 Å². The lowest BCUT2D eigenvalue weighted by atomic mass is 9.92. The van der Waals surface area contributed by atoms with E-state index in [0.29, 0.717) is 5.92 Å². The second-order valence-corrected chi connectivity index (χ2v) is 4.13. The van der Waals surface area contributed by atoms with Gasteiger partial charge in [0.2, 0.25) is 0 Å². The minimum Gasteiger partial charge on any atom is -0.381 e. The van der Waals surface area contributed by atoms with E-state index in [1.807, 2.05) is 6.92 Å². The van der Waals surface area contributed by atoms with Crippen molar-refractivity contribution in [2.45, 2.75) is 39.2 Å². The van der Waals surface area contributed by atoms with Crippen LogP contribution < -0.4 is 0 Å². The zero-order valence-electron chi connectivity index (χ0n) is 8.43. The van der Waals surface area contributed by atoms with Gasteiger partial charge in [-0.3, -0.25) is 0 Å². The molecule has 1 unspecified atom stereocenters. The smallest absolute Gasteiger partial charge is 0.0626 e. The Balaban J connectivity index is 2.18. The first kappa shape index (κ1) is 10.0. The summed E-state index contributed by atoms with van der Waals surface area (Å²) in [5.74, 6) is 0.623. The summed E-state index contributed by atoms with van der Waals surface area (Å²) >= 11 is 0. The van der Waals surface area contributed by atoms with Crippen LogP contribution in [0.15, 0.2) is 0 Å². The molecule has 0 aliphatic carbocycles. The molecular formula is C10H20O2. The van der Waals surface area contributed by atoms with E-state index < -0.39 is 0 Å². The second-order valence-electron chi connectivity index (χ2n) is 4.13. The largest absolute Gasteiger partial charge is 0.381 e. The van der Waals surface area contributed by atoms with Gasteiger partial charge in [-0.05, 0) is 33.6 Å². The fourth-order valence-corrected chi connectivity index (χ4v) is 1.47. The average Bonchev–Trinajstić information content (AvgIpc) is 2.03. The molecule has 1 rings (SSSR count). The summed E-state index contributed by atoms with van der Waals surface area (Å²) < 4.78 is 11.1. The lowest BCUT2D eigenvalue weighted by molar-refractivity contribution is -0.0909. The highest BCUT2D eigenvalue weighted by Gasteiger charge is 2.27. The van der Waals surface area contributed by atoms with Gasteiger partial charge < -0.3 is 9.47 Å². The summed E-state index contributed by atoms with van der Waals surface area (Å²) in [6, 6.07) is 0. The van der Waals surface area contributed by atoms with Crippen LogP contribution in [0.2, 0.25) is 0 Å². The van der Waals surface area contributed by atoms with Gasteiger partial charge in [-0.1, -0.05) is 0 Å². The molecule has 0 aromatic heterocycles. The number of rotatable bonds is 3. The average molecular weight is 172 g/mol. The molecule has 0 amide bonds. The van der Waals surface area contributed by atoms with Crippen molar-refractivity contribution < 1.29 is 9.47 Å². The van der Waals surface area contributed by atoms with E-state index in [9.17, 15) is 0 Å². The fraction of sp³-hybridized carbons (Fsp3) is 1.00. The molecule has 1 aliphatic rings. The van der Waals surface area contributed by atoms with Crippen molar-refractivity contribution in [2.75, 3.05) is 19.8 Å². The van der Waals surface area contributed by atoms with Gasteiger partial charge >= 0.3 is 0 Å². The van der Waals surface area contributed by atoms with Crippen LogP contribution in [0.25, 0.3) is 0 Å². The zero-order chi connectivity index (χ0) is 9.03. The Morgan fingerprint density at radius 3 is 2.75 bits per heavy atom. The summed E-state index contributed by atoms with van der Waals surface area (Å²) in [7, 11) is 0. The van der Waals surface area contributed by atoms with Gasteiger partial charge in [0.25, 0.3) is 0 Å². The third kappa shape index (κ3) is 3.11. The molecule has 72 valence electrons. The van der Waals surface area contributed by atoms with Crippen molar-refractivity contribution in [2.24, 2.45) is 5.92 Å². The van der Waals surface area contributed by atoms with Crippen LogP contribution in [-0.4, -0.2) is 25.4 Å². The van der Waals surface area contributed by atoms with Gasteiger partial charge in [-0.15, -0.1) is 0 Å². The molecule has 1 aliphatic heterocycles. The van der Waals surface area contributed by atoms with Crippen molar-refractivity contribution in [1.82, 2.24) is 0 Å². The first-order valence-electron chi connectivity index (χ1n) is 4.86. The quantitative estimate of drug-likeness (QED) is 0.650. The highest BCUT2D eigenvalue weighted by molar-refractivity contribution is 4.76. The van der Waals surface area contributed by atoms with Crippen LogP contribution in [0.1, 0.15) is 33.6 Å². The summed E-state index contributed by atoms with van der Waals surface area (Å²) in [5.41, 5.74) is 0.0999. The molecule has 1 heterocycles. The standard InChI is InChI=1S/C10H20O2/c1-4-11-7-9-5-6-10(2,3)12-8-9/h9H,4-8H2,1-3H3. The third-order valence-corrected chi connectivity index (χ3v) is 2.42. The molecule has 1 fully saturated rings. The van der Waals surface area contributed by atoms with Gasteiger partial charge in [0.05, 0.1) is 18.8 Å². The second kappa shape index (κ2) is 4.24. The molecule has 0 saturated carbocycles. The minimum atomic E-state index is 0.0999. The molecule has 0 aromatic rings. The first-order chi connectivity index (χ1) is 5.64. The highest BCUT2D eigenvalue weighted by Crippen LogP contribution is 2.27. The van der Waals surface area contributed by atoms with Crippen LogP contribution in [-0.2, 0) is 9.47 Å². The molecule has 0 bridgehead atoms. The lowest BCUT2D eigenvalue weighted by Gasteiger charge is -2.34. The maximum atomic E-state index is 5.69. The summed E-state index contributed by atoms with van der Waals surface area (Å²) in [6.45, 7) is 8.90. The minimum absolute atomic E-state index is 0.0999. The number of hydrogen-bond acceptors (Lipinski definition) is 2. The van der Waals surface area contributed by atoms with E-state index in [0.717, 1.165) is 26.2 Å². The molecule has 0 spiro atoms. The van der Waals surface area contributed by atoms with Crippen LogP contribution >= 0.6 is 0 Å². The predicted octanol–water partition coefficient (Wildman–Crippen LogP) is 2.23. The van der Waals surface area contributed by atoms with Crippen LogP contribution in [0.3, 0.4) is 0 Å². The first-order valence-corrected chi connectivity index (χ1v) is 4.86. The SMILES string of the molecule is CCOCC1CCC(C)(C)OC1. The van der Waals surface area contributed by atoms with Crippen molar-refractivity contribution in [3.63, 3.8) is 0 Å². The van der Waals surface area contributed by atoms with Crippen molar-refractivity contribution >= 4 is 0 Å². The van der Waals surface area contributed by atoms with E-state index in [1.54, 1.807) is 0 Å². The monoisotopic (exact) mass is 172 g/mol. The molecule has 0 aromatic carbocycles. The molecule has 0 N–H and O–H groups in total. The Labute approximate surface area is 75.2 Å². The van der Waals surface area contributed by atoms with Crippen LogP contribution in [0.4, 0.5) is 0 Å². The number of ether oxygens (including phenoxy) is 2. The van der Waals surface area contributed by atoms with Gasteiger partial charge in [0, 0.05) is 12.5 Å². The Morgan fingerprint density at radius 2 is 2.25 bits per heavy atom. The molecule has 2 heteroatoms. The van der Waals surface area contributed by atoms with Crippen LogP contribution in [0, 0.1) is 5.92 Å². The third-order valence-electron chi connectivity index (χ3n) is 2.42. The fourth-order valence-electron chi connectivity index (χ4n) is 1.47. The molecular weight excluding hydrogens is 152 g/mol. The molecule has 12 heavy (non-hydrogen) atoms. The molecule has 1 saturated heterocycles. The Morgan fingerprint density at radius 1 is 1.50 bits per heavy atom. The van der Waals surface area contributed by atoms with Gasteiger partial charge in [0.1, 0.15) is 0 Å². The van der Waals surface area contributed by atoms with Gasteiger partial charge in [-0.2, -0.15) is 0 Å². The van der Waals surface area contributed by atoms with E-state index in [1.165, 1.54) is 6.42 Å². The Kier molecular flexibility index (Phi) is 3.53. The lowest BCUT2D eigenvalue weighted by Crippen LogP contribution is -2.35. The van der Waals surface area contributed by atoms with E-state index in [2.05, 4.69) is 13.8 Å². The van der Waals surface area contributed by atoms with Crippen LogP contribution in [0.5, 0.6) is 0 Å². The molecule has 2 nitrogen and oxygen atoms in total. The Hall–Kier alpha value is -0.0800. The van der Waals surface area contributed by atoms with Gasteiger partial charge in [0.15, 0.2) is 0 Å². The summed E-state index contributed by atoms with van der Waals surface area (Å²) in [6.07, 6.45) is 2.40. The molecule has 1 atom stereocenters. The summed E-state index contributed by atoms with van der Waals surface area (Å²) in [4.78, 5) is 0. The van der Waals surface area contributed by atoms with E-state index in [4.69, 9.17) is 9.47 Å². The van der Waals surface area contributed by atoms with Crippen molar-refractivity contribution in [3.8, 4) is 0 Å². The highest BCUT2D eigenvalue weighted by atomic mass is 16.5. The Bertz CT molecular complexity index is 122. The summed E-state index contributed by atoms with van der Waals surface area (Å²) in [5, 5.41) is 0. The zero-order valence-corrected chi connectivity index (χ0v) is 8.43. The van der Waals surface area contributed by atoms with E-state index >= 15 is 0 Å². The topological polar surface area (TPSA) is 18.5 Å². The molecule has 0 radical (unpaired) electrons. The van der Waals surface area contributed by atoms with E-state index in [-0.39, 0.29) is 5.60 Å². The normalized spacial score (nSPS) is 28.8. The maximum Gasteiger partial charge on any atom is 0.0626 e. The predicted molar refractivity (Wildman–Crippen MR) is 49.2 cm³/mol. The van der Waals surface area contributed by atoms with Crippen molar-refractivity contribution in [1.29, 1.82) is 0 Å².